The molecule has 0 atom stereocenters. The van der Waals surface area contributed by atoms with E-state index in [0.29, 0.717) is 22.6 Å². The molecule has 5 nitrogen and oxygen atoms in total. The lowest BCUT2D eigenvalue weighted by atomic mass is 10.2. The van der Waals surface area contributed by atoms with Gasteiger partial charge in [0.25, 0.3) is 5.56 Å². The lowest BCUT2D eigenvalue weighted by Crippen LogP contribution is -2.21. The molecule has 3 rings (SSSR count). The standard InChI is InChI=1S/C13H11ClN4O/c1-17-12-11(6-16-17)13(19)18(8-15-12)7-9-3-2-4-10(14)5-9/h2-6,8H,7H2,1H3. The maximum absolute atomic E-state index is 12.3. The van der Waals surface area contributed by atoms with Crippen LogP contribution in [-0.4, -0.2) is 19.3 Å². The largest absolute Gasteiger partial charge is 0.294 e. The van der Waals surface area contributed by atoms with Crippen LogP contribution >= 0.6 is 11.6 Å². The number of hydrogen-bond donors (Lipinski definition) is 0. The summed E-state index contributed by atoms with van der Waals surface area (Å²) in [7, 11) is 1.76. The van der Waals surface area contributed by atoms with Gasteiger partial charge in [-0.05, 0) is 17.7 Å². The molecule has 6 heteroatoms. The number of fused-ring (bicyclic) bond motifs is 1. The molecule has 0 fully saturated rings. The molecule has 0 aliphatic rings. The third-order valence-electron chi connectivity index (χ3n) is 2.96. The van der Waals surface area contributed by atoms with Gasteiger partial charge in [0, 0.05) is 12.1 Å². The summed E-state index contributed by atoms with van der Waals surface area (Å²) in [6.45, 7) is 0.442. The van der Waals surface area contributed by atoms with Gasteiger partial charge in [-0.2, -0.15) is 5.10 Å². The summed E-state index contributed by atoms with van der Waals surface area (Å²) in [6.07, 6.45) is 3.08. The van der Waals surface area contributed by atoms with Crippen LogP contribution in [0.25, 0.3) is 11.0 Å². The summed E-state index contributed by atoms with van der Waals surface area (Å²) < 4.78 is 3.14. The quantitative estimate of drug-likeness (QED) is 0.716. The molecule has 2 heterocycles. The second kappa shape index (κ2) is 4.51. The summed E-state index contributed by atoms with van der Waals surface area (Å²) in [5.41, 5.74) is 1.45. The Bertz CT molecular complexity index is 806. The summed E-state index contributed by atoms with van der Waals surface area (Å²) in [6, 6.07) is 7.42. The molecule has 0 unspecified atom stereocenters. The molecule has 1 aromatic carbocycles. The molecule has 0 N–H and O–H groups in total. The minimum Gasteiger partial charge on any atom is -0.294 e. The van der Waals surface area contributed by atoms with E-state index < -0.39 is 0 Å². The Kier molecular flexibility index (Phi) is 2.83. The smallest absolute Gasteiger partial charge is 0.264 e. The predicted octanol–water partition coefficient (Wildman–Crippen LogP) is 1.83. The SMILES string of the molecule is Cn1ncc2c(=O)n(Cc3cccc(Cl)c3)cnc21. The van der Waals surface area contributed by atoms with Crippen LogP contribution in [0, 0.1) is 0 Å². The fourth-order valence-electron chi connectivity index (χ4n) is 2.01. The fourth-order valence-corrected chi connectivity index (χ4v) is 2.22. The van der Waals surface area contributed by atoms with Gasteiger partial charge in [0.1, 0.15) is 11.7 Å². The van der Waals surface area contributed by atoms with Crippen LogP contribution in [0.2, 0.25) is 5.02 Å². The second-order valence-electron chi connectivity index (χ2n) is 4.31. The number of nitrogens with zero attached hydrogens (tertiary/aromatic N) is 4. The van der Waals surface area contributed by atoms with Crippen LogP contribution < -0.4 is 5.56 Å². The van der Waals surface area contributed by atoms with Gasteiger partial charge in [0.2, 0.25) is 0 Å². The van der Waals surface area contributed by atoms with Crippen molar-refractivity contribution in [3.8, 4) is 0 Å². The lowest BCUT2D eigenvalue weighted by molar-refractivity contribution is 0.737. The Morgan fingerprint density at radius 3 is 3.00 bits per heavy atom. The van der Waals surface area contributed by atoms with Gasteiger partial charge in [0.05, 0.1) is 12.7 Å². The van der Waals surface area contributed by atoms with Crippen molar-refractivity contribution in [3.05, 3.63) is 57.7 Å². The van der Waals surface area contributed by atoms with Crippen molar-refractivity contribution in [2.75, 3.05) is 0 Å². The van der Waals surface area contributed by atoms with E-state index in [0.717, 1.165) is 5.56 Å². The highest BCUT2D eigenvalue weighted by atomic mass is 35.5. The first-order chi connectivity index (χ1) is 9.15. The predicted molar refractivity (Wildman–Crippen MR) is 73.3 cm³/mol. The van der Waals surface area contributed by atoms with Crippen molar-refractivity contribution in [1.82, 2.24) is 19.3 Å². The summed E-state index contributed by atoms with van der Waals surface area (Å²) in [4.78, 5) is 16.5. The van der Waals surface area contributed by atoms with Gasteiger partial charge in [-0.25, -0.2) is 4.98 Å². The van der Waals surface area contributed by atoms with Crippen LogP contribution in [0.5, 0.6) is 0 Å². The first-order valence-corrected chi connectivity index (χ1v) is 6.14. The first kappa shape index (κ1) is 11.9. The van der Waals surface area contributed by atoms with Gasteiger partial charge in [-0.15, -0.1) is 0 Å². The lowest BCUT2D eigenvalue weighted by Gasteiger charge is -2.05. The Hall–Kier alpha value is -2.14. The number of rotatable bonds is 2. The van der Waals surface area contributed by atoms with Crippen molar-refractivity contribution in [2.45, 2.75) is 6.54 Å². The average molecular weight is 275 g/mol. The molecule has 3 aromatic rings. The Morgan fingerprint density at radius 1 is 1.37 bits per heavy atom. The molecular formula is C13H11ClN4O. The fraction of sp³-hybridized carbons (Fsp3) is 0.154. The molecule has 0 amide bonds. The van der Waals surface area contributed by atoms with E-state index in [9.17, 15) is 4.79 Å². The Morgan fingerprint density at radius 2 is 2.21 bits per heavy atom. The van der Waals surface area contributed by atoms with Crippen LogP contribution in [0.4, 0.5) is 0 Å². The molecule has 0 aliphatic carbocycles. The number of aryl methyl sites for hydroxylation is 1. The van der Waals surface area contributed by atoms with Gasteiger partial charge >= 0.3 is 0 Å². The Balaban J connectivity index is 2.06. The van der Waals surface area contributed by atoms with Gasteiger partial charge < -0.3 is 0 Å². The minimum atomic E-state index is -0.0990. The molecular weight excluding hydrogens is 264 g/mol. The third-order valence-corrected chi connectivity index (χ3v) is 3.20. The normalized spacial score (nSPS) is 11.1. The molecule has 0 bridgehead atoms. The molecule has 0 spiro atoms. The maximum atomic E-state index is 12.3. The first-order valence-electron chi connectivity index (χ1n) is 5.77. The van der Waals surface area contributed by atoms with E-state index >= 15 is 0 Å². The van der Waals surface area contributed by atoms with Crippen LogP contribution in [0.1, 0.15) is 5.56 Å². The zero-order valence-electron chi connectivity index (χ0n) is 10.2. The Labute approximate surface area is 114 Å². The highest BCUT2D eigenvalue weighted by Crippen LogP contribution is 2.11. The average Bonchev–Trinajstić information content (AvgIpc) is 2.76. The van der Waals surface area contributed by atoms with E-state index in [4.69, 9.17) is 11.6 Å². The van der Waals surface area contributed by atoms with Crippen molar-refractivity contribution in [3.63, 3.8) is 0 Å². The molecule has 0 aliphatic heterocycles. The summed E-state index contributed by atoms with van der Waals surface area (Å²) in [5, 5.41) is 5.21. The molecule has 0 radical (unpaired) electrons. The molecule has 0 saturated heterocycles. The topological polar surface area (TPSA) is 52.7 Å². The van der Waals surface area contributed by atoms with Crippen molar-refractivity contribution < 1.29 is 0 Å². The molecule has 0 saturated carbocycles. The van der Waals surface area contributed by atoms with E-state index in [1.807, 2.05) is 18.2 Å². The number of halogens is 1. The van der Waals surface area contributed by atoms with E-state index in [1.54, 1.807) is 28.6 Å². The molecule has 19 heavy (non-hydrogen) atoms. The highest BCUT2D eigenvalue weighted by molar-refractivity contribution is 6.30. The number of aromatic nitrogens is 4. The van der Waals surface area contributed by atoms with Crippen molar-refractivity contribution in [1.29, 1.82) is 0 Å². The minimum absolute atomic E-state index is 0.0990. The zero-order chi connectivity index (χ0) is 13.4. The van der Waals surface area contributed by atoms with Crippen LogP contribution in [-0.2, 0) is 13.6 Å². The monoisotopic (exact) mass is 274 g/mol. The van der Waals surface area contributed by atoms with Crippen molar-refractivity contribution in [2.24, 2.45) is 7.05 Å². The third kappa shape index (κ3) is 2.13. The number of hydrogen-bond acceptors (Lipinski definition) is 3. The maximum Gasteiger partial charge on any atom is 0.264 e. The van der Waals surface area contributed by atoms with E-state index in [2.05, 4.69) is 10.1 Å². The van der Waals surface area contributed by atoms with Crippen LogP contribution in [0.15, 0.2) is 41.6 Å². The second-order valence-corrected chi connectivity index (χ2v) is 4.75. The van der Waals surface area contributed by atoms with Gasteiger partial charge in [-0.3, -0.25) is 14.0 Å². The van der Waals surface area contributed by atoms with E-state index in [1.165, 1.54) is 6.33 Å². The highest BCUT2D eigenvalue weighted by Gasteiger charge is 2.08. The summed E-state index contributed by atoms with van der Waals surface area (Å²) in [5.74, 6) is 0. The van der Waals surface area contributed by atoms with Crippen molar-refractivity contribution >= 4 is 22.6 Å². The zero-order valence-corrected chi connectivity index (χ0v) is 11.0. The van der Waals surface area contributed by atoms with E-state index in [-0.39, 0.29) is 5.56 Å². The van der Waals surface area contributed by atoms with Gasteiger partial charge in [-0.1, -0.05) is 23.7 Å². The van der Waals surface area contributed by atoms with Crippen LogP contribution in [0.3, 0.4) is 0 Å². The summed E-state index contributed by atoms with van der Waals surface area (Å²) >= 11 is 5.93. The van der Waals surface area contributed by atoms with Gasteiger partial charge in [0.15, 0.2) is 5.65 Å². The number of benzene rings is 1. The molecule has 2 aromatic heterocycles. The molecule has 96 valence electrons.